The fraction of sp³-hybridized carbons (Fsp3) is 0.205. The van der Waals surface area contributed by atoms with Crippen LogP contribution in [0.25, 0.3) is 11.1 Å². The molecule has 0 aliphatic rings. The van der Waals surface area contributed by atoms with Crippen molar-refractivity contribution >= 4 is 23.6 Å². The number of rotatable bonds is 13. The molecule has 5 aromatic rings. The molecule has 0 aliphatic carbocycles. The van der Waals surface area contributed by atoms with Crippen LogP contribution < -0.4 is 29.3 Å². The van der Waals surface area contributed by atoms with Crippen molar-refractivity contribution in [2.75, 3.05) is 12.0 Å². The monoisotopic (exact) mass is 636 g/mol. The van der Waals surface area contributed by atoms with Gasteiger partial charge in [0, 0.05) is 18.0 Å². The molecule has 2 N–H and O–H groups in total. The molecular weight excluding hydrogens is 599 g/mol. The molecule has 0 saturated carbocycles. The molecule has 4 aromatic carbocycles. The number of aryl methyl sites for hydroxylation is 3. The number of nitrogens with one attached hydrogen (secondary N) is 1. The number of aliphatic carboxylic acids is 1. The summed E-state index contributed by atoms with van der Waals surface area (Å²) in [6.45, 7) is 1.99. The first-order valence-corrected chi connectivity index (χ1v) is 16.7. The Kier molecular flexibility index (Phi) is 12.6. The van der Waals surface area contributed by atoms with Crippen LogP contribution in [0.5, 0.6) is 0 Å². The molecule has 8 heteroatoms. The van der Waals surface area contributed by atoms with E-state index in [0.29, 0.717) is 24.2 Å². The van der Waals surface area contributed by atoms with Crippen LogP contribution in [0.15, 0.2) is 122 Å². The summed E-state index contributed by atoms with van der Waals surface area (Å²) in [7, 11) is 0. The first-order chi connectivity index (χ1) is 22.3. The minimum absolute atomic E-state index is 0. The van der Waals surface area contributed by atoms with Gasteiger partial charge in [0.25, 0.3) is 5.91 Å². The molecule has 0 spiro atoms. The maximum Gasteiger partial charge on any atom is 1.00 e. The molecule has 1 amide bonds. The number of carbonyl (C=O) groups excluding carboxylic acids is 2. The third kappa shape index (κ3) is 8.24. The number of pyridine rings is 1. The van der Waals surface area contributed by atoms with E-state index >= 15 is 0 Å². The number of hydrogen-bond acceptors (Lipinski definition) is 6. The van der Waals surface area contributed by atoms with Crippen molar-refractivity contribution in [2.24, 2.45) is 0 Å². The Balaban J connectivity index is 0.00000500. The van der Waals surface area contributed by atoms with Crippen molar-refractivity contribution in [3.05, 3.63) is 161 Å². The Bertz CT molecular complexity index is 1760. The second-order valence-corrected chi connectivity index (χ2v) is 12.3. The summed E-state index contributed by atoms with van der Waals surface area (Å²) >= 11 is 1.51. The molecule has 0 fully saturated rings. The van der Waals surface area contributed by atoms with E-state index in [4.69, 9.17) is 0 Å². The molecule has 0 aliphatic heterocycles. The van der Waals surface area contributed by atoms with Gasteiger partial charge in [-0.05, 0) is 94.8 Å². The van der Waals surface area contributed by atoms with Crippen molar-refractivity contribution in [3.8, 4) is 11.1 Å². The molecule has 47 heavy (non-hydrogen) atoms. The van der Waals surface area contributed by atoms with Gasteiger partial charge in [-0.1, -0.05) is 97.1 Å². The molecule has 1 heterocycles. The molecule has 0 bridgehead atoms. The summed E-state index contributed by atoms with van der Waals surface area (Å²) in [5.74, 6) is -1.16. The number of aliphatic hydroxyl groups is 1. The van der Waals surface area contributed by atoms with E-state index in [1.165, 1.54) is 11.8 Å². The standard InChI is InChI=1S/C39H38N2O4S.Li/c1-27-11-9-10-16-32(27)34-25-28(18-20-33(34)37(42)41-36(38(43)44)22-24-46-2)17-19-29-26-40-23-21-35(29)39(45,30-12-5-3-6-13-30)31-14-7-4-8-15-31;/h3-16,18,20-21,23,25-26,36,45H,17,19,22,24H2,1-2H3,(H,41,42)(H,43,44);/q;+1/p-1/t36-;/m0./s1. The summed E-state index contributed by atoms with van der Waals surface area (Å²) in [6, 6.07) is 33.6. The number of amides is 1. The van der Waals surface area contributed by atoms with Crippen LogP contribution in [0, 0.1) is 6.92 Å². The predicted molar refractivity (Wildman–Crippen MR) is 183 cm³/mol. The van der Waals surface area contributed by atoms with Gasteiger partial charge >= 0.3 is 18.9 Å². The van der Waals surface area contributed by atoms with Gasteiger partial charge in [0.1, 0.15) is 5.60 Å². The number of thioether (sulfide) groups is 1. The third-order valence-electron chi connectivity index (χ3n) is 8.32. The average Bonchev–Trinajstić information content (AvgIpc) is 3.09. The molecule has 234 valence electrons. The fourth-order valence-electron chi connectivity index (χ4n) is 5.86. The molecule has 0 saturated heterocycles. The second kappa shape index (κ2) is 16.6. The van der Waals surface area contributed by atoms with E-state index in [2.05, 4.69) is 10.3 Å². The maximum absolute atomic E-state index is 13.5. The Morgan fingerprint density at radius 2 is 1.51 bits per heavy atom. The summed E-state index contributed by atoms with van der Waals surface area (Å²) in [5, 5.41) is 26.9. The van der Waals surface area contributed by atoms with E-state index in [1.54, 1.807) is 12.3 Å². The molecule has 6 nitrogen and oxygen atoms in total. The summed E-state index contributed by atoms with van der Waals surface area (Å²) < 4.78 is 0. The summed E-state index contributed by atoms with van der Waals surface area (Å²) in [6.07, 6.45) is 6.89. The van der Waals surface area contributed by atoms with E-state index in [9.17, 15) is 19.8 Å². The quantitative estimate of drug-likeness (QED) is 0.193. The van der Waals surface area contributed by atoms with Crippen LogP contribution in [0.1, 0.15) is 50.2 Å². The Morgan fingerprint density at radius 3 is 2.13 bits per heavy atom. The van der Waals surface area contributed by atoms with Crippen LogP contribution in [0.2, 0.25) is 0 Å². The van der Waals surface area contributed by atoms with Gasteiger partial charge in [0.05, 0.1) is 12.0 Å². The summed E-state index contributed by atoms with van der Waals surface area (Å²) in [4.78, 5) is 29.7. The van der Waals surface area contributed by atoms with E-state index < -0.39 is 23.5 Å². The zero-order chi connectivity index (χ0) is 32.5. The molecule has 1 aromatic heterocycles. The average molecular weight is 637 g/mol. The molecule has 5 rings (SSSR count). The topological polar surface area (TPSA) is 102 Å². The Morgan fingerprint density at radius 1 is 0.872 bits per heavy atom. The van der Waals surface area contributed by atoms with Crippen molar-refractivity contribution in [2.45, 2.75) is 37.8 Å². The van der Waals surface area contributed by atoms with Gasteiger partial charge in [-0.2, -0.15) is 11.8 Å². The van der Waals surface area contributed by atoms with Gasteiger partial charge in [0.15, 0.2) is 0 Å². The zero-order valence-electron chi connectivity index (χ0n) is 27.0. The normalized spacial score (nSPS) is 11.7. The SMILES string of the molecule is CSCC[C@H](NC(=O)c1ccc(CCc2cnccc2C(O)(c2ccccc2)c2ccccc2)cc1-c1ccccc1C)C(=O)[O-].[Li+]. The van der Waals surface area contributed by atoms with Gasteiger partial charge in [0.2, 0.25) is 0 Å². The molecule has 1 atom stereocenters. The fourth-order valence-corrected chi connectivity index (χ4v) is 6.33. The number of aromatic nitrogens is 1. The molecule has 0 radical (unpaired) electrons. The molecule has 0 unspecified atom stereocenters. The number of hydrogen-bond donors (Lipinski definition) is 2. The van der Waals surface area contributed by atoms with Gasteiger partial charge < -0.3 is 20.3 Å². The van der Waals surface area contributed by atoms with Crippen LogP contribution >= 0.6 is 11.8 Å². The van der Waals surface area contributed by atoms with Gasteiger partial charge in [-0.15, -0.1) is 0 Å². The third-order valence-corrected chi connectivity index (χ3v) is 8.97. The van der Waals surface area contributed by atoms with Crippen LogP contribution in [-0.4, -0.2) is 40.0 Å². The van der Waals surface area contributed by atoms with Crippen molar-refractivity contribution in [3.63, 3.8) is 0 Å². The van der Waals surface area contributed by atoms with Crippen molar-refractivity contribution < 1.29 is 38.7 Å². The number of carboxylic acid groups (broad SMARTS) is 1. The largest absolute Gasteiger partial charge is 1.00 e. The van der Waals surface area contributed by atoms with Crippen LogP contribution in [0.4, 0.5) is 0 Å². The minimum atomic E-state index is -1.39. The smallest absolute Gasteiger partial charge is 0.548 e. The van der Waals surface area contributed by atoms with Crippen LogP contribution in [-0.2, 0) is 23.2 Å². The maximum atomic E-state index is 13.5. The Labute approximate surface area is 292 Å². The predicted octanol–water partition coefficient (Wildman–Crippen LogP) is 2.73. The van der Waals surface area contributed by atoms with E-state index in [0.717, 1.165) is 44.5 Å². The van der Waals surface area contributed by atoms with Crippen LogP contribution in [0.3, 0.4) is 0 Å². The van der Waals surface area contributed by atoms with E-state index in [-0.39, 0.29) is 25.3 Å². The minimum Gasteiger partial charge on any atom is -0.548 e. The van der Waals surface area contributed by atoms with Crippen molar-refractivity contribution in [1.29, 1.82) is 0 Å². The van der Waals surface area contributed by atoms with Gasteiger partial charge in [-0.25, -0.2) is 0 Å². The van der Waals surface area contributed by atoms with Crippen molar-refractivity contribution in [1.82, 2.24) is 10.3 Å². The number of carboxylic acids is 1. The molecular formula is C39H37LiN2O4S. The number of nitrogens with zero attached hydrogens (tertiary/aromatic N) is 1. The second-order valence-electron chi connectivity index (χ2n) is 11.3. The van der Waals surface area contributed by atoms with E-state index in [1.807, 2.05) is 123 Å². The van der Waals surface area contributed by atoms with Gasteiger partial charge in [-0.3, -0.25) is 9.78 Å². The summed E-state index contributed by atoms with van der Waals surface area (Å²) in [5.41, 5.74) is 5.82. The Hall–Kier alpha value is -4.12. The number of carbonyl (C=O) groups is 2. The first kappa shape index (κ1) is 35.7. The number of benzene rings is 4. The first-order valence-electron chi connectivity index (χ1n) is 15.3. The zero-order valence-corrected chi connectivity index (χ0v) is 27.8.